The highest BCUT2D eigenvalue weighted by Gasteiger charge is 1.95. The average molecular weight is 299 g/mol. The standard InChI is InChI=1S/C15H18N2.2ClH/c1-13-6-5-9-15(17-13)12-16-11-10-14-7-3-2-4-8-14;;/h2-9,16H,10-12H2,1H3;2*1H. The van der Waals surface area contributed by atoms with Crippen molar-refractivity contribution >= 4 is 24.8 Å². The van der Waals surface area contributed by atoms with Gasteiger partial charge in [0.15, 0.2) is 0 Å². The number of nitrogens with zero attached hydrogens (tertiary/aromatic N) is 1. The van der Waals surface area contributed by atoms with Crippen LogP contribution in [0, 0.1) is 6.92 Å². The molecule has 0 unspecified atom stereocenters. The smallest absolute Gasteiger partial charge is 0.0544 e. The zero-order valence-corrected chi connectivity index (χ0v) is 12.6. The van der Waals surface area contributed by atoms with Crippen molar-refractivity contribution in [2.45, 2.75) is 19.9 Å². The molecular weight excluding hydrogens is 279 g/mol. The van der Waals surface area contributed by atoms with E-state index >= 15 is 0 Å². The summed E-state index contributed by atoms with van der Waals surface area (Å²) < 4.78 is 0. The van der Waals surface area contributed by atoms with Crippen LogP contribution in [0.15, 0.2) is 48.5 Å². The van der Waals surface area contributed by atoms with Crippen LogP contribution in [0.25, 0.3) is 0 Å². The van der Waals surface area contributed by atoms with Crippen LogP contribution in [0.1, 0.15) is 17.0 Å². The first kappa shape index (κ1) is 17.9. The molecule has 0 aliphatic carbocycles. The zero-order chi connectivity index (χ0) is 11.9. The van der Waals surface area contributed by atoms with Crippen molar-refractivity contribution in [1.29, 1.82) is 0 Å². The van der Waals surface area contributed by atoms with E-state index in [0.717, 1.165) is 30.9 Å². The van der Waals surface area contributed by atoms with Gasteiger partial charge in [-0.3, -0.25) is 4.98 Å². The third kappa shape index (κ3) is 6.58. The van der Waals surface area contributed by atoms with E-state index in [9.17, 15) is 0 Å². The van der Waals surface area contributed by atoms with Gasteiger partial charge in [0.05, 0.1) is 5.69 Å². The van der Waals surface area contributed by atoms with Crippen LogP contribution in [-0.2, 0) is 13.0 Å². The minimum atomic E-state index is 0. The summed E-state index contributed by atoms with van der Waals surface area (Å²) in [5.41, 5.74) is 3.56. The number of pyridine rings is 1. The van der Waals surface area contributed by atoms with E-state index < -0.39 is 0 Å². The monoisotopic (exact) mass is 298 g/mol. The number of rotatable bonds is 5. The Morgan fingerprint density at radius 1 is 0.947 bits per heavy atom. The summed E-state index contributed by atoms with van der Waals surface area (Å²) in [5.74, 6) is 0. The zero-order valence-electron chi connectivity index (χ0n) is 11.0. The minimum Gasteiger partial charge on any atom is -0.311 e. The van der Waals surface area contributed by atoms with Gasteiger partial charge in [0.25, 0.3) is 0 Å². The van der Waals surface area contributed by atoms with Crippen molar-refractivity contribution in [1.82, 2.24) is 10.3 Å². The summed E-state index contributed by atoms with van der Waals surface area (Å²) in [6, 6.07) is 16.7. The molecule has 0 radical (unpaired) electrons. The molecule has 0 amide bonds. The normalized spacial score (nSPS) is 9.32. The van der Waals surface area contributed by atoms with Crippen LogP contribution < -0.4 is 5.32 Å². The Bertz CT molecular complexity index is 461. The van der Waals surface area contributed by atoms with Crippen LogP contribution in [0.4, 0.5) is 0 Å². The minimum absolute atomic E-state index is 0. The molecule has 1 N–H and O–H groups in total. The molecule has 2 nitrogen and oxygen atoms in total. The van der Waals surface area contributed by atoms with E-state index in [4.69, 9.17) is 0 Å². The van der Waals surface area contributed by atoms with Crippen molar-refractivity contribution in [3.63, 3.8) is 0 Å². The fourth-order valence-corrected chi connectivity index (χ4v) is 1.79. The first-order valence-corrected chi connectivity index (χ1v) is 6.02. The lowest BCUT2D eigenvalue weighted by Crippen LogP contribution is -2.17. The maximum atomic E-state index is 4.46. The van der Waals surface area contributed by atoms with Gasteiger partial charge in [-0.05, 0) is 37.6 Å². The van der Waals surface area contributed by atoms with Gasteiger partial charge in [-0.1, -0.05) is 36.4 Å². The van der Waals surface area contributed by atoms with Gasteiger partial charge in [-0.2, -0.15) is 0 Å². The van der Waals surface area contributed by atoms with Gasteiger partial charge in [0.1, 0.15) is 0 Å². The fraction of sp³-hybridized carbons (Fsp3) is 0.267. The predicted octanol–water partition coefficient (Wildman–Crippen LogP) is 3.57. The van der Waals surface area contributed by atoms with Gasteiger partial charge in [0, 0.05) is 12.2 Å². The van der Waals surface area contributed by atoms with Crippen LogP contribution in [0.5, 0.6) is 0 Å². The highest BCUT2D eigenvalue weighted by Crippen LogP contribution is 2.00. The van der Waals surface area contributed by atoms with E-state index in [1.165, 1.54) is 5.56 Å². The van der Waals surface area contributed by atoms with Crippen LogP contribution in [0.2, 0.25) is 0 Å². The molecule has 0 spiro atoms. The molecule has 2 aromatic rings. The Morgan fingerprint density at radius 3 is 2.37 bits per heavy atom. The van der Waals surface area contributed by atoms with Gasteiger partial charge < -0.3 is 5.32 Å². The second-order valence-electron chi connectivity index (χ2n) is 4.18. The van der Waals surface area contributed by atoms with Crippen molar-refractivity contribution in [2.24, 2.45) is 0 Å². The number of nitrogens with one attached hydrogen (secondary N) is 1. The van der Waals surface area contributed by atoms with Crippen molar-refractivity contribution in [3.8, 4) is 0 Å². The summed E-state index contributed by atoms with van der Waals surface area (Å²) in [4.78, 5) is 4.46. The molecule has 0 aliphatic rings. The van der Waals surface area contributed by atoms with E-state index in [-0.39, 0.29) is 24.8 Å². The lowest BCUT2D eigenvalue weighted by Gasteiger charge is -2.05. The number of hydrogen-bond acceptors (Lipinski definition) is 2. The third-order valence-corrected chi connectivity index (χ3v) is 2.69. The topological polar surface area (TPSA) is 24.9 Å². The van der Waals surface area contributed by atoms with E-state index in [2.05, 4.69) is 46.7 Å². The molecule has 104 valence electrons. The quantitative estimate of drug-likeness (QED) is 0.854. The molecule has 19 heavy (non-hydrogen) atoms. The maximum Gasteiger partial charge on any atom is 0.0544 e. The lowest BCUT2D eigenvalue weighted by atomic mass is 10.1. The molecule has 0 atom stereocenters. The summed E-state index contributed by atoms with van der Waals surface area (Å²) in [6.45, 7) is 3.85. The molecule has 0 bridgehead atoms. The van der Waals surface area contributed by atoms with E-state index in [1.807, 2.05) is 19.1 Å². The predicted molar refractivity (Wildman–Crippen MR) is 85.3 cm³/mol. The SMILES string of the molecule is Cc1cccc(CNCCc2ccccc2)n1.Cl.Cl. The molecule has 0 fully saturated rings. The highest BCUT2D eigenvalue weighted by atomic mass is 35.5. The van der Waals surface area contributed by atoms with Crippen LogP contribution in [0.3, 0.4) is 0 Å². The molecule has 0 saturated carbocycles. The average Bonchev–Trinajstić information content (AvgIpc) is 2.36. The molecule has 1 aromatic heterocycles. The first-order valence-electron chi connectivity index (χ1n) is 6.02. The van der Waals surface area contributed by atoms with Gasteiger partial charge >= 0.3 is 0 Å². The number of halogens is 2. The number of aryl methyl sites for hydroxylation is 1. The summed E-state index contributed by atoms with van der Waals surface area (Å²) in [7, 11) is 0. The third-order valence-electron chi connectivity index (χ3n) is 2.69. The molecule has 4 heteroatoms. The van der Waals surface area contributed by atoms with Crippen molar-refractivity contribution in [2.75, 3.05) is 6.54 Å². The Hall–Kier alpha value is -1.09. The molecule has 0 saturated heterocycles. The molecule has 0 aliphatic heterocycles. The second kappa shape index (κ2) is 9.79. The van der Waals surface area contributed by atoms with E-state index in [1.54, 1.807) is 0 Å². The van der Waals surface area contributed by atoms with Crippen molar-refractivity contribution in [3.05, 3.63) is 65.5 Å². The van der Waals surface area contributed by atoms with Crippen LogP contribution in [-0.4, -0.2) is 11.5 Å². The van der Waals surface area contributed by atoms with Crippen LogP contribution >= 0.6 is 24.8 Å². The van der Waals surface area contributed by atoms with Gasteiger partial charge in [0.2, 0.25) is 0 Å². The summed E-state index contributed by atoms with van der Waals surface area (Å²) >= 11 is 0. The number of aromatic nitrogens is 1. The first-order chi connectivity index (χ1) is 8.34. The summed E-state index contributed by atoms with van der Waals surface area (Å²) in [5, 5.41) is 3.41. The second-order valence-corrected chi connectivity index (χ2v) is 4.18. The number of hydrogen-bond donors (Lipinski definition) is 1. The maximum absolute atomic E-state index is 4.46. The summed E-state index contributed by atoms with van der Waals surface area (Å²) in [6.07, 6.45) is 1.06. The van der Waals surface area contributed by atoms with Gasteiger partial charge in [-0.15, -0.1) is 24.8 Å². The Balaban J connectivity index is 0.00000162. The lowest BCUT2D eigenvalue weighted by molar-refractivity contribution is 0.673. The Morgan fingerprint density at radius 2 is 1.68 bits per heavy atom. The highest BCUT2D eigenvalue weighted by molar-refractivity contribution is 5.85. The largest absolute Gasteiger partial charge is 0.311 e. The Labute approximate surface area is 127 Å². The van der Waals surface area contributed by atoms with Crippen molar-refractivity contribution < 1.29 is 0 Å². The molecular formula is C15H20Cl2N2. The van der Waals surface area contributed by atoms with Gasteiger partial charge in [-0.25, -0.2) is 0 Å². The van der Waals surface area contributed by atoms with E-state index in [0.29, 0.717) is 0 Å². The molecule has 2 rings (SSSR count). The molecule has 1 aromatic carbocycles. The Kier molecular flexibility index (Phi) is 9.23. The fourth-order valence-electron chi connectivity index (χ4n) is 1.79. The number of benzene rings is 1. The molecule has 1 heterocycles.